The van der Waals surface area contributed by atoms with E-state index in [1.807, 2.05) is 30.3 Å². The monoisotopic (exact) mass is 161 g/mol. The minimum absolute atomic E-state index is 0.991. The van der Waals surface area contributed by atoms with Crippen LogP contribution in [-0.4, -0.2) is 9.59 Å². The van der Waals surface area contributed by atoms with Gasteiger partial charge >= 0.3 is 0 Å². The van der Waals surface area contributed by atoms with E-state index in [9.17, 15) is 0 Å². The van der Waals surface area contributed by atoms with E-state index >= 15 is 0 Å². The third kappa shape index (κ3) is 1.28. The number of benzene rings is 1. The molecular weight excluding hydrogens is 156 g/mol. The molecule has 1 aromatic heterocycles. The SMILES string of the molecule is [c]1nnsc1-c1ccccc1. The van der Waals surface area contributed by atoms with Crippen molar-refractivity contribution < 1.29 is 0 Å². The molecule has 1 aromatic carbocycles. The zero-order valence-corrected chi connectivity index (χ0v) is 6.51. The van der Waals surface area contributed by atoms with E-state index in [2.05, 4.69) is 15.8 Å². The zero-order chi connectivity index (χ0) is 7.52. The van der Waals surface area contributed by atoms with Gasteiger partial charge in [0.1, 0.15) is 6.20 Å². The molecule has 1 heterocycles. The van der Waals surface area contributed by atoms with Gasteiger partial charge in [0.25, 0.3) is 0 Å². The molecule has 3 heteroatoms. The highest BCUT2D eigenvalue weighted by Crippen LogP contribution is 2.19. The van der Waals surface area contributed by atoms with Crippen LogP contribution in [0, 0.1) is 6.20 Å². The van der Waals surface area contributed by atoms with Crippen LogP contribution in [0.2, 0.25) is 0 Å². The topological polar surface area (TPSA) is 25.8 Å². The van der Waals surface area contributed by atoms with Crippen molar-refractivity contribution in [1.82, 2.24) is 9.59 Å². The zero-order valence-electron chi connectivity index (χ0n) is 5.69. The van der Waals surface area contributed by atoms with Gasteiger partial charge in [0, 0.05) is 0 Å². The second-order valence-corrected chi connectivity index (χ2v) is 2.83. The Morgan fingerprint density at radius 1 is 1.18 bits per heavy atom. The molecule has 2 aromatic rings. The average Bonchev–Trinajstić information content (AvgIpc) is 2.58. The number of hydrogen-bond acceptors (Lipinski definition) is 3. The molecule has 0 saturated carbocycles. The maximum Gasteiger partial charge on any atom is 0.135 e. The summed E-state index contributed by atoms with van der Waals surface area (Å²) in [7, 11) is 0. The fraction of sp³-hybridized carbons (Fsp3) is 0. The van der Waals surface area contributed by atoms with Crippen LogP contribution in [-0.2, 0) is 0 Å². The highest BCUT2D eigenvalue weighted by molar-refractivity contribution is 7.09. The minimum atomic E-state index is 0.991. The van der Waals surface area contributed by atoms with Crippen molar-refractivity contribution in [3.63, 3.8) is 0 Å². The van der Waals surface area contributed by atoms with Crippen molar-refractivity contribution in [2.45, 2.75) is 0 Å². The fourth-order valence-electron chi connectivity index (χ4n) is 0.854. The van der Waals surface area contributed by atoms with Crippen molar-refractivity contribution in [3.8, 4) is 10.4 Å². The summed E-state index contributed by atoms with van der Waals surface area (Å²) in [6.45, 7) is 0. The molecule has 0 aliphatic rings. The number of nitrogens with zero attached hydrogens (tertiary/aromatic N) is 2. The van der Waals surface area contributed by atoms with E-state index in [1.165, 1.54) is 11.5 Å². The van der Waals surface area contributed by atoms with E-state index in [4.69, 9.17) is 0 Å². The van der Waals surface area contributed by atoms with Crippen LogP contribution in [0.3, 0.4) is 0 Å². The fourth-order valence-corrected chi connectivity index (χ4v) is 1.34. The molecule has 0 aliphatic carbocycles. The minimum Gasteiger partial charge on any atom is -0.136 e. The largest absolute Gasteiger partial charge is 0.136 e. The lowest BCUT2D eigenvalue weighted by atomic mass is 10.2. The van der Waals surface area contributed by atoms with Gasteiger partial charge in [-0.05, 0) is 17.1 Å². The second-order valence-electron chi connectivity index (χ2n) is 2.08. The summed E-state index contributed by atoms with van der Waals surface area (Å²) in [6, 6.07) is 10.0. The molecule has 2 nitrogen and oxygen atoms in total. The summed E-state index contributed by atoms with van der Waals surface area (Å²) < 4.78 is 3.73. The van der Waals surface area contributed by atoms with Crippen molar-refractivity contribution in [3.05, 3.63) is 36.5 Å². The van der Waals surface area contributed by atoms with Crippen LogP contribution in [0.5, 0.6) is 0 Å². The van der Waals surface area contributed by atoms with Crippen molar-refractivity contribution in [1.29, 1.82) is 0 Å². The molecule has 11 heavy (non-hydrogen) atoms. The van der Waals surface area contributed by atoms with Gasteiger partial charge in [0.15, 0.2) is 0 Å². The van der Waals surface area contributed by atoms with Crippen LogP contribution in [0.15, 0.2) is 30.3 Å². The molecule has 0 N–H and O–H groups in total. The molecule has 0 aliphatic heterocycles. The first-order chi connectivity index (χ1) is 5.47. The molecule has 53 valence electrons. The van der Waals surface area contributed by atoms with Crippen LogP contribution in [0.1, 0.15) is 0 Å². The van der Waals surface area contributed by atoms with Gasteiger partial charge in [-0.15, -0.1) is 5.10 Å². The summed E-state index contributed by atoms with van der Waals surface area (Å²) in [5.41, 5.74) is 1.13. The molecule has 0 bridgehead atoms. The Labute approximate surface area is 68.7 Å². The molecule has 0 spiro atoms. The first kappa shape index (κ1) is 6.49. The van der Waals surface area contributed by atoms with Crippen molar-refractivity contribution >= 4 is 11.5 Å². The van der Waals surface area contributed by atoms with Gasteiger partial charge in [0.05, 0.1) is 4.88 Å². The molecule has 0 unspecified atom stereocenters. The van der Waals surface area contributed by atoms with Gasteiger partial charge in [-0.1, -0.05) is 34.8 Å². The van der Waals surface area contributed by atoms with Crippen LogP contribution >= 0.6 is 11.5 Å². The number of hydrogen-bond donors (Lipinski definition) is 0. The van der Waals surface area contributed by atoms with Crippen molar-refractivity contribution in [2.24, 2.45) is 0 Å². The predicted molar refractivity (Wildman–Crippen MR) is 44.2 cm³/mol. The summed E-state index contributed by atoms with van der Waals surface area (Å²) in [5.74, 6) is 0. The third-order valence-electron chi connectivity index (χ3n) is 1.36. The normalized spacial score (nSPS) is 9.82. The van der Waals surface area contributed by atoms with Gasteiger partial charge in [-0.3, -0.25) is 0 Å². The summed E-state index contributed by atoms with van der Waals surface area (Å²) in [6.07, 6.45) is 2.81. The number of rotatable bonds is 1. The third-order valence-corrected chi connectivity index (χ3v) is 2.03. The summed E-state index contributed by atoms with van der Waals surface area (Å²) in [5, 5.41) is 3.64. The Balaban J connectivity index is 2.46. The summed E-state index contributed by atoms with van der Waals surface area (Å²) >= 11 is 1.36. The lowest BCUT2D eigenvalue weighted by Crippen LogP contribution is -1.68. The second kappa shape index (κ2) is 2.80. The molecule has 0 saturated heterocycles. The molecule has 0 fully saturated rings. The maximum atomic E-state index is 3.73. The smallest absolute Gasteiger partial charge is 0.135 e. The van der Waals surface area contributed by atoms with E-state index in [1.54, 1.807) is 0 Å². The molecule has 1 radical (unpaired) electrons. The van der Waals surface area contributed by atoms with Crippen LogP contribution in [0.25, 0.3) is 10.4 Å². The maximum absolute atomic E-state index is 3.73. The Morgan fingerprint density at radius 2 is 2.00 bits per heavy atom. The Kier molecular flexibility index (Phi) is 1.65. The Morgan fingerprint density at radius 3 is 2.64 bits per heavy atom. The quantitative estimate of drug-likeness (QED) is 0.639. The summed E-state index contributed by atoms with van der Waals surface area (Å²) in [4.78, 5) is 0.991. The highest BCUT2D eigenvalue weighted by atomic mass is 32.1. The highest BCUT2D eigenvalue weighted by Gasteiger charge is 1.97. The molecular formula is C8H5N2S. The Bertz CT molecular complexity index is 315. The predicted octanol–water partition coefficient (Wildman–Crippen LogP) is 2.01. The van der Waals surface area contributed by atoms with Gasteiger partial charge < -0.3 is 0 Å². The Hall–Kier alpha value is -1.22. The van der Waals surface area contributed by atoms with E-state index < -0.39 is 0 Å². The van der Waals surface area contributed by atoms with Gasteiger partial charge in [-0.25, -0.2) is 0 Å². The average molecular weight is 161 g/mol. The van der Waals surface area contributed by atoms with Crippen LogP contribution < -0.4 is 0 Å². The number of aromatic nitrogens is 2. The standard InChI is InChI=1S/C8H5N2S/c1-2-4-7(5-3-1)8-6-9-10-11-8/h1-5H. The van der Waals surface area contributed by atoms with E-state index in [0.29, 0.717) is 0 Å². The van der Waals surface area contributed by atoms with Gasteiger partial charge in [0.2, 0.25) is 0 Å². The van der Waals surface area contributed by atoms with E-state index in [0.717, 1.165) is 10.4 Å². The first-order valence-electron chi connectivity index (χ1n) is 3.22. The molecule has 0 atom stereocenters. The lowest BCUT2D eigenvalue weighted by Gasteiger charge is -1.90. The van der Waals surface area contributed by atoms with E-state index in [-0.39, 0.29) is 0 Å². The van der Waals surface area contributed by atoms with Gasteiger partial charge in [-0.2, -0.15) is 0 Å². The van der Waals surface area contributed by atoms with Crippen molar-refractivity contribution in [2.75, 3.05) is 0 Å². The first-order valence-corrected chi connectivity index (χ1v) is 3.99. The van der Waals surface area contributed by atoms with Crippen LogP contribution in [0.4, 0.5) is 0 Å². The molecule has 2 rings (SSSR count). The molecule has 0 amide bonds. The lowest BCUT2D eigenvalue weighted by molar-refractivity contribution is 1.15.